The number of benzene rings is 2. The van der Waals surface area contributed by atoms with Crippen LogP contribution in [-0.2, 0) is 0 Å². The van der Waals surface area contributed by atoms with Crippen LogP contribution >= 0.6 is 0 Å². The molecule has 0 saturated carbocycles. The first kappa shape index (κ1) is 16.3. The summed E-state index contributed by atoms with van der Waals surface area (Å²) in [5.41, 5.74) is 1.58. The van der Waals surface area contributed by atoms with E-state index in [4.69, 9.17) is 4.74 Å². The molecule has 118 valence electrons. The SMILES string of the molecule is Cc1ccc2ccc(C(=O)O)c(OCCCC(C)(C)C)c2c1. The van der Waals surface area contributed by atoms with Gasteiger partial charge >= 0.3 is 5.97 Å². The van der Waals surface area contributed by atoms with E-state index in [0.29, 0.717) is 12.4 Å². The molecule has 3 nitrogen and oxygen atoms in total. The Morgan fingerprint density at radius 1 is 1.18 bits per heavy atom. The molecule has 22 heavy (non-hydrogen) atoms. The molecule has 0 aromatic heterocycles. The van der Waals surface area contributed by atoms with Crippen LogP contribution in [-0.4, -0.2) is 17.7 Å². The predicted octanol–water partition coefficient (Wildman–Crippen LogP) is 5.05. The average Bonchev–Trinajstić information content (AvgIpc) is 2.42. The van der Waals surface area contributed by atoms with E-state index in [9.17, 15) is 9.90 Å². The van der Waals surface area contributed by atoms with E-state index in [0.717, 1.165) is 29.2 Å². The number of hydrogen-bond acceptors (Lipinski definition) is 2. The van der Waals surface area contributed by atoms with Crippen molar-refractivity contribution in [3.63, 3.8) is 0 Å². The second kappa shape index (κ2) is 6.39. The highest BCUT2D eigenvalue weighted by Gasteiger charge is 2.16. The van der Waals surface area contributed by atoms with Crippen molar-refractivity contribution in [3.05, 3.63) is 41.5 Å². The zero-order valence-corrected chi connectivity index (χ0v) is 13.8. The van der Waals surface area contributed by atoms with Gasteiger partial charge in [0.15, 0.2) is 0 Å². The third kappa shape index (κ3) is 4.00. The quantitative estimate of drug-likeness (QED) is 0.786. The Bertz CT molecular complexity index is 681. The Hall–Kier alpha value is -2.03. The molecule has 0 unspecified atom stereocenters. The van der Waals surface area contributed by atoms with Crippen LogP contribution < -0.4 is 4.74 Å². The highest BCUT2D eigenvalue weighted by atomic mass is 16.5. The fourth-order valence-electron chi connectivity index (χ4n) is 2.51. The second-order valence-corrected chi connectivity index (χ2v) is 6.98. The van der Waals surface area contributed by atoms with Crippen molar-refractivity contribution < 1.29 is 14.6 Å². The van der Waals surface area contributed by atoms with Gasteiger partial charge in [0.2, 0.25) is 0 Å². The number of fused-ring (bicyclic) bond motifs is 1. The summed E-state index contributed by atoms with van der Waals surface area (Å²) in [5, 5.41) is 11.3. The molecule has 1 N–H and O–H groups in total. The molecule has 0 saturated heterocycles. The van der Waals surface area contributed by atoms with Crippen LogP contribution in [0.15, 0.2) is 30.3 Å². The first-order valence-corrected chi connectivity index (χ1v) is 7.67. The molecular weight excluding hydrogens is 276 g/mol. The lowest BCUT2D eigenvalue weighted by molar-refractivity contribution is 0.0692. The van der Waals surface area contributed by atoms with Gasteiger partial charge in [-0.3, -0.25) is 0 Å². The largest absolute Gasteiger partial charge is 0.492 e. The maximum absolute atomic E-state index is 11.5. The molecule has 0 aliphatic carbocycles. The van der Waals surface area contributed by atoms with E-state index in [-0.39, 0.29) is 11.0 Å². The number of rotatable bonds is 5. The molecule has 0 fully saturated rings. The van der Waals surface area contributed by atoms with Gasteiger partial charge in [-0.25, -0.2) is 4.79 Å². The molecule has 0 amide bonds. The van der Waals surface area contributed by atoms with Crippen molar-refractivity contribution in [1.29, 1.82) is 0 Å². The van der Waals surface area contributed by atoms with E-state index in [2.05, 4.69) is 20.8 Å². The molecule has 2 aromatic rings. The lowest BCUT2D eigenvalue weighted by Crippen LogP contribution is -2.09. The van der Waals surface area contributed by atoms with Crippen LogP contribution in [0.3, 0.4) is 0 Å². The van der Waals surface area contributed by atoms with E-state index >= 15 is 0 Å². The maximum Gasteiger partial charge on any atom is 0.339 e. The van der Waals surface area contributed by atoms with Crippen molar-refractivity contribution in [2.45, 2.75) is 40.5 Å². The zero-order chi connectivity index (χ0) is 16.3. The van der Waals surface area contributed by atoms with E-state index in [1.165, 1.54) is 0 Å². The minimum Gasteiger partial charge on any atom is -0.492 e. The van der Waals surface area contributed by atoms with Gasteiger partial charge in [-0.05, 0) is 42.7 Å². The van der Waals surface area contributed by atoms with Gasteiger partial charge in [-0.2, -0.15) is 0 Å². The highest BCUT2D eigenvalue weighted by molar-refractivity contribution is 6.00. The summed E-state index contributed by atoms with van der Waals surface area (Å²) in [6.45, 7) is 9.10. The van der Waals surface area contributed by atoms with Crippen LogP contribution in [0, 0.1) is 12.3 Å². The van der Waals surface area contributed by atoms with Crippen molar-refractivity contribution in [2.75, 3.05) is 6.61 Å². The summed E-state index contributed by atoms with van der Waals surface area (Å²) in [5.74, 6) is -0.461. The van der Waals surface area contributed by atoms with Gasteiger partial charge in [0.05, 0.1) is 6.61 Å². The number of aromatic carboxylic acids is 1. The van der Waals surface area contributed by atoms with Crippen molar-refractivity contribution in [1.82, 2.24) is 0 Å². The molecule has 0 bridgehead atoms. The molecule has 0 aliphatic rings. The van der Waals surface area contributed by atoms with Crippen molar-refractivity contribution >= 4 is 16.7 Å². The van der Waals surface area contributed by atoms with Gasteiger partial charge in [0.1, 0.15) is 11.3 Å². The van der Waals surface area contributed by atoms with Gasteiger partial charge in [0.25, 0.3) is 0 Å². The molecular formula is C19H24O3. The molecule has 0 heterocycles. The van der Waals surface area contributed by atoms with Gasteiger partial charge < -0.3 is 9.84 Å². The monoisotopic (exact) mass is 300 g/mol. The average molecular weight is 300 g/mol. The number of carbonyl (C=O) groups is 1. The Labute approximate surface area is 131 Å². The lowest BCUT2D eigenvalue weighted by Gasteiger charge is -2.18. The van der Waals surface area contributed by atoms with Crippen LogP contribution in [0.5, 0.6) is 5.75 Å². The van der Waals surface area contributed by atoms with Gasteiger partial charge in [0, 0.05) is 5.39 Å². The summed E-state index contributed by atoms with van der Waals surface area (Å²) in [6.07, 6.45) is 1.95. The van der Waals surface area contributed by atoms with Crippen LogP contribution in [0.2, 0.25) is 0 Å². The summed E-state index contributed by atoms with van der Waals surface area (Å²) in [4.78, 5) is 11.5. The third-order valence-electron chi connectivity index (χ3n) is 3.68. The van der Waals surface area contributed by atoms with Crippen LogP contribution in [0.25, 0.3) is 10.8 Å². The number of carboxylic acid groups (broad SMARTS) is 1. The fraction of sp³-hybridized carbons (Fsp3) is 0.421. The standard InChI is InChI=1S/C19H24O3/c1-13-6-7-14-8-9-15(18(20)21)17(16(14)12-13)22-11-5-10-19(2,3)4/h6-9,12H,5,10-11H2,1-4H3,(H,20,21). The summed E-state index contributed by atoms with van der Waals surface area (Å²) in [7, 11) is 0. The number of aryl methyl sites for hydroxylation is 1. The topological polar surface area (TPSA) is 46.5 Å². The summed E-state index contributed by atoms with van der Waals surface area (Å²) < 4.78 is 5.88. The highest BCUT2D eigenvalue weighted by Crippen LogP contribution is 2.31. The summed E-state index contributed by atoms with van der Waals surface area (Å²) in [6, 6.07) is 9.46. The molecule has 0 radical (unpaired) electrons. The maximum atomic E-state index is 11.5. The molecule has 0 aliphatic heterocycles. The predicted molar refractivity (Wildman–Crippen MR) is 89.8 cm³/mol. The van der Waals surface area contributed by atoms with E-state index in [1.807, 2.05) is 31.2 Å². The first-order chi connectivity index (χ1) is 10.3. The molecule has 0 spiro atoms. The van der Waals surface area contributed by atoms with Crippen LogP contribution in [0.1, 0.15) is 49.5 Å². The lowest BCUT2D eigenvalue weighted by atomic mass is 9.91. The van der Waals surface area contributed by atoms with Crippen molar-refractivity contribution in [3.8, 4) is 5.75 Å². The fourth-order valence-corrected chi connectivity index (χ4v) is 2.51. The van der Waals surface area contributed by atoms with Crippen LogP contribution in [0.4, 0.5) is 0 Å². The second-order valence-electron chi connectivity index (χ2n) is 6.98. The first-order valence-electron chi connectivity index (χ1n) is 7.67. The molecule has 2 rings (SSSR count). The summed E-state index contributed by atoms with van der Waals surface area (Å²) >= 11 is 0. The number of carboxylic acids is 1. The Morgan fingerprint density at radius 2 is 1.86 bits per heavy atom. The minimum absolute atomic E-state index is 0.230. The van der Waals surface area contributed by atoms with Crippen molar-refractivity contribution in [2.24, 2.45) is 5.41 Å². The van der Waals surface area contributed by atoms with Gasteiger partial charge in [-0.15, -0.1) is 0 Å². The smallest absolute Gasteiger partial charge is 0.339 e. The molecule has 3 heteroatoms. The third-order valence-corrected chi connectivity index (χ3v) is 3.68. The Kier molecular flexibility index (Phi) is 4.74. The number of ether oxygens (including phenoxy) is 1. The Morgan fingerprint density at radius 3 is 2.50 bits per heavy atom. The zero-order valence-electron chi connectivity index (χ0n) is 13.8. The van der Waals surface area contributed by atoms with E-state index < -0.39 is 5.97 Å². The Balaban J connectivity index is 2.30. The molecule has 2 aromatic carbocycles. The molecule has 0 atom stereocenters. The minimum atomic E-state index is -0.950. The number of hydrogen-bond donors (Lipinski definition) is 1. The van der Waals surface area contributed by atoms with E-state index in [1.54, 1.807) is 6.07 Å². The normalized spacial score (nSPS) is 11.6. The van der Waals surface area contributed by atoms with Gasteiger partial charge in [-0.1, -0.05) is 44.5 Å².